The van der Waals surface area contributed by atoms with E-state index in [-0.39, 0.29) is 18.4 Å². The van der Waals surface area contributed by atoms with E-state index < -0.39 is 5.97 Å². The van der Waals surface area contributed by atoms with Gasteiger partial charge in [0.05, 0.1) is 5.02 Å². The molecule has 1 amide bonds. The molecule has 0 atom stereocenters. The van der Waals surface area contributed by atoms with Crippen LogP contribution in [0.1, 0.15) is 44.1 Å². The van der Waals surface area contributed by atoms with E-state index in [9.17, 15) is 9.59 Å². The third kappa shape index (κ3) is 4.27. The number of amides is 1. The van der Waals surface area contributed by atoms with Crippen molar-refractivity contribution in [3.63, 3.8) is 0 Å². The number of carboxylic acid groups (broad SMARTS) is 1. The summed E-state index contributed by atoms with van der Waals surface area (Å²) in [6.45, 7) is 6.86. The average Bonchev–Trinajstić information content (AvgIpc) is 2.74. The van der Waals surface area contributed by atoms with E-state index in [1.807, 2.05) is 20.8 Å². The summed E-state index contributed by atoms with van der Waals surface area (Å²) >= 11 is 5.95. The van der Waals surface area contributed by atoms with Gasteiger partial charge >= 0.3 is 5.97 Å². The van der Waals surface area contributed by atoms with E-state index in [1.165, 1.54) is 0 Å². The van der Waals surface area contributed by atoms with Crippen molar-refractivity contribution in [1.82, 2.24) is 9.47 Å². The molecule has 0 saturated carbocycles. The van der Waals surface area contributed by atoms with Gasteiger partial charge in [-0.25, -0.2) is 0 Å². The summed E-state index contributed by atoms with van der Waals surface area (Å²) in [6, 6.07) is 1.66. The van der Waals surface area contributed by atoms with Crippen LogP contribution in [-0.2, 0) is 11.3 Å². The van der Waals surface area contributed by atoms with Crippen molar-refractivity contribution < 1.29 is 14.7 Å². The van der Waals surface area contributed by atoms with Gasteiger partial charge in [0.15, 0.2) is 0 Å². The third-order valence-electron chi connectivity index (χ3n) is 3.10. The molecule has 112 valence electrons. The number of aromatic nitrogens is 1. The van der Waals surface area contributed by atoms with Crippen molar-refractivity contribution in [1.29, 1.82) is 0 Å². The van der Waals surface area contributed by atoms with Crippen LogP contribution >= 0.6 is 11.6 Å². The van der Waals surface area contributed by atoms with E-state index in [2.05, 4.69) is 0 Å². The number of hydrogen-bond donors (Lipinski definition) is 1. The van der Waals surface area contributed by atoms with Crippen LogP contribution in [0, 0.1) is 0 Å². The zero-order chi connectivity index (χ0) is 15.3. The van der Waals surface area contributed by atoms with Crippen molar-refractivity contribution in [2.75, 3.05) is 6.54 Å². The molecule has 1 aromatic rings. The molecule has 0 saturated heterocycles. The zero-order valence-electron chi connectivity index (χ0n) is 12.1. The molecule has 0 radical (unpaired) electrons. The zero-order valence-corrected chi connectivity index (χ0v) is 12.9. The maximum absolute atomic E-state index is 12.6. The molecule has 1 rings (SSSR count). The summed E-state index contributed by atoms with van der Waals surface area (Å²) < 4.78 is 1.80. The van der Waals surface area contributed by atoms with E-state index in [0.29, 0.717) is 30.2 Å². The second-order valence-electron chi connectivity index (χ2n) is 4.92. The summed E-state index contributed by atoms with van der Waals surface area (Å²) in [5.74, 6) is -0.958. The van der Waals surface area contributed by atoms with Crippen LogP contribution in [0.5, 0.6) is 0 Å². The lowest BCUT2D eigenvalue weighted by atomic mass is 10.2. The molecule has 0 aliphatic rings. The lowest BCUT2D eigenvalue weighted by Gasteiger charge is -2.27. The van der Waals surface area contributed by atoms with Crippen LogP contribution in [0.2, 0.25) is 5.02 Å². The number of nitrogens with zero attached hydrogens (tertiary/aromatic N) is 2. The number of aliphatic carboxylic acids is 1. The Morgan fingerprint density at radius 2 is 2.10 bits per heavy atom. The molecular formula is C14H21ClN2O3. The molecule has 0 aliphatic heterocycles. The summed E-state index contributed by atoms with van der Waals surface area (Å²) in [7, 11) is 0. The monoisotopic (exact) mass is 300 g/mol. The highest BCUT2D eigenvalue weighted by Crippen LogP contribution is 2.17. The first-order chi connectivity index (χ1) is 9.36. The number of carbonyl (C=O) groups is 2. The fourth-order valence-electron chi connectivity index (χ4n) is 2.06. The van der Waals surface area contributed by atoms with Gasteiger partial charge in [0.25, 0.3) is 5.91 Å². The first-order valence-electron chi connectivity index (χ1n) is 6.75. The fraction of sp³-hybridized carbons (Fsp3) is 0.571. The minimum atomic E-state index is -0.846. The Balaban J connectivity index is 2.85. The molecular weight excluding hydrogens is 280 g/mol. The molecule has 0 aromatic carbocycles. The summed E-state index contributed by atoms with van der Waals surface area (Å²) in [5, 5.41) is 9.21. The van der Waals surface area contributed by atoms with Crippen molar-refractivity contribution in [2.24, 2.45) is 0 Å². The van der Waals surface area contributed by atoms with Gasteiger partial charge in [0, 0.05) is 31.7 Å². The molecule has 6 heteroatoms. The minimum Gasteiger partial charge on any atom is -0.481 e. The van der Waals surface area contributed by atoms with Crippen LogP contribution in [0.4, 0.5) is 0 Å². The van der Waals surface area contributed by atoms with E-state index in [1.54, 1.807) is 21.7 Å². The Bertz CT molecular complexity index is 483. The molecule has 0 spiro atoms. The average molecular weight is 301 g/mol. The molecule has 0 fully saturated rings. The van der Waals surface area contributed by atoms with Crippen molar-refractivity contribution >= 4 is 23.5 Å². The van der Waals surface area contributed by atoms with Crippen molar-refractivity contribution in [2.45, 2.75) is 46.2 Å². The second kappa shape index (κ2) is 7.33. The number of halogens is 1. The van der Waals surface area contributed by atoms with E-state index in [4.69, 9.17) is 16.7 Å². The normalized spacial score (nSPS) is 10.8. The van der Waals surface area contributed by atoms with Crippen LogP contribution in [0.3, 0.4) is 0 Å². The molecule has 1 aromatic heterocycles. The molecule has 1 N–H and O–H groups in total. The van der Waals surface area contributed by atoms with Gasteiger partial charge in [-0.1, -0.05) is 11.6 Å². The lowest BCUT2D eigenvalue weighted by Crippen LogP contribution is -2.38. The fourth-order valence-corrected chi connectivity index (χ4v) is 2.28. The van der Waals surface area contributed by atoms with E-state index in [0.717, 1.165) is 0 Å². The number of carboxylic acids is 1. The quantitative estimate of drug-likeness (QED) is 0.842. The number of rotatable bonds is 7. The largest absolute Gasteiger partial charge is 0.481 e. The van der Waals surface area contributed by atoms with Gasteiger partial charge in [-0.2, -0.15) is 0 Å². The first kappa shape index (κ1) is 16.6. The summed E-state index contributed by atoms with van der Waals surface area (Å²) in [4.78, 5) is 24.8. The van der Waals surface area contributed by atoms with E-state index >= 15 is 0 Å². The van der Waals surface area contributed by atoms with Crippen LogP contribution in [0.15, 0.2) is 12.3 Å². The van der Waals surface area contributed by atoms with Gasteiger partial charge < -0.3 is 14.6 Å². The predicted molar refractivity (Wildman–Crippen MR) is 78.2 cm³/mol. The smallest absolute Gasteiger partial charge is 0.303 e. The Labute approximate surface area is 124 Å². The lowest BCUT2D eigenvalue weighted by molar-refractivity contribution is -0.137. The molecule has 20 heavy (non-hydrogen) atoms. The van der Waals surface area contributed by atoms with Gasteiger partial charge in [-0.15, -0.1) is 0 Å². The molecule has 0 bridgehead atoms. The molecule has 1 heterocycles. The molecule has 5 nitrogen and oxygen atoms in total. The third-order valence-corrected chi connectivity index (χ3v) is 3.30. The Morgan fingerprint density at radius 3 is 2.60 bits per heavy atom. The second-order valence-corrected chi connectivity index (χ2v) is 5.36. The predicted octanol–water partition coefficient (Wildman–Crippen LogP) is 2.88. The van der Waals surface area contributed by atoms with Gasteiger partial charge in [0.2, 0.25) is 0 Å². The highest BCUT2D eigenvalue weighted by atomic mass is 35.5. The minimum absolute atomic E-state index is 0.00952. The van der Waals surface area contributed by atoms with Gasteiger partial charge in [0.1, 0.15) is 5.69 Å². The number of hydrogen-bond acceptors (Lipinski definition) is 2. The topological polar surface area (TPSA) is 62.5 Å². The number of aryl methyl sites for hydroxylation is 1. The Kier molecular flexibility index (Phi) is 6.07. The van der Waals surface area contributed by atoms with Crippen molar-refractivity contribution in [3.8, 4) is 0 Å². The first-order valence-corrected chi connectivity index (χ1v) is 7.13. The Hall–Kier alpha value is -1.49. The highest BCUT2D eigenvalue weighted by Gasteiger charge is 2.22. The van der Waals surface area contributed by atoms with Crippen molar-refractivity contribution in [3.05, 3.63) is 23.0 Å². The SMILES string of the molecule is CCn1cc(Cl)cc1C(=O)N(CCCC(=O)O)C(C)C. The molecule has 0 unspecified atom stereocenters. The Morgan fingerprint density at radius 1 is 1.45 bits per heavy atom. The summed E-state index contributed by atoms with van der Waals surface area (Å²) in [5.41, 5.74) is 0.543. The standard InChI is InChI=1S/C14H21ClN2O3/c1-4-16-9-11(15)8-12(16)14(20)17(10(2)3)7-5-6-13(18)19/h8-10H,4-7H2,1-3H3,(H,18,19). The van der Waals surface area contributed by atoms with Crippen LogP contribution in [-0.4, -0.2) is 39.0 Å². The van der Waals surface area contributed by atoms with Crippen LogP contribution in [0.25, 0.3) is 0 Å². The van der Waals surface area contributed by atoms with Gasteiger partial charge in [-0.3, -0.25) is 9.59 Å². The van der Waals surface area contributed by atoms with Crippen LogP contribution < -0.4 is 0 Å². The maximum Gasteiger partial charge on any atom is 0.303 e. The summed E-state index contributed by atoms with van der Waals surface area (Å²) in [6.07, 6.45) is 2.23. The maximum atomic E-state index is 12.6. The van der Waals surface area contributed by atoms with Gasteiger partial charge in [-0.05, 0) is 33.3 Å². The molecule has 0 aliphatic carbocycles. The highest BCUT2D eigenvalue weighted by molar-refractivity contribution is 6.31. The number of carbonyl (C=O) groups excluding carboxylic acids is 1.